The predicted molar refractivity (Wildman–Crippen MR) is 156 cm³/mol. The first-order valence-corrected chi connectivity index (χ1v) is 15.8. The van der Waals surface area contributed by atoms with Crippen molar-refractivity contribution < 1.29 is 9.59 Å². The topological polar surface area (TPSA) is 61.4 Å². The van der Waals surface area contributed by atoms with E-state index in [1.54, 1.807) is 0 Å². The normalized spacial score (nSPS) is 11.2. The lowest BCUT2D eigenvalue weighted by Crippen LogP contribution is -2.32. The number of unbranched alkanes of at least 4 members (excludes halogenated alkanes) is 18. The van der Waals surface area contributed by atoms with Crippen LogP contribution in [0.15, 0.2) is 0 Å². The smallest absolute Gasteiger partial charge is 0.221 e. The van der Waals surface area contributed by atoms with Gasteiger partial charge in [-0.2, -0.15) is 0 Å². The summed E-state index contributed by atoms with van der Waals surface area (Å²) in [5.41, 5.74) is 0. The lowest BCUT2D eigenvalue weighted by atomic mass is 10.1. The van der Waals surface area contributed by atoms with Gasteiger partial charge < -0.3 is 15.5 Å². The molecule has 0 spiro atoms. The summed E-state index contributed by atoms with van der Waals surface area (Å²) in [7, 11) is 1.99. The molecule has 5 heteroatoms. The molecule has 0 heterocycles. The molecule has 0 rings (SSSR count). The van der Waals surface area contributed by atoms with Crippen LogP contribution < -0.4 is 10.6 Å². The van der Waals surface area contributed by atoms with Gasteiger partial charge in [-0.15, -0.1) is 0 Å². The summed E-state index contributed by atoms with van der Waals surface area (Å²) in [6.07, 6.45) is 27.3. The van der Waals surface area contributed by atoms with Crippen LogP contribution in [-0.4, -0.2) is 49.9 Å². The SMILES string of the molecule is CCCCCCCCCCCCNC(=O)CCN(C)CCC(=O)NCCCCCCCCCCCC. The molecular weight excluding hydrogens is 446 g/mol. The Bertz CT molecular complexity index is 442. The van der Waals surface area contributed by atoms with Crippen LogP contribution in [0.3, 0.4) is 0 Å². The highest BCUT2D eigenvalue weighted by Gasteiger charge is 2.07. The molecule has 36 heavy (non-hydrogen) atoms. The molecule has 0 fully saturated rings. The van der Waals surface area contributed by atoms with E-state index in [0.29, 0.717) is 25.9 Å². The van der Waals surface area contributed by atoms with Gasteiger partial charge in [-0.05, 0) is 19.9 Å². The Morgan fingerprint density at radius 1 is 0.472 bits per heavy atom. The number of nitrogens with zero attached hydrogens (tertiary/aromatic N) is 1. The Kier molecular flexibility index (Phi) is 27.6. The number of hydrogen-bond acceptors (Lipinski definition) is 3. The van der Waals surface area contributed by atoms with Crippen LogP contribution in [0.2, 0.25) is 0 Å². The van der Waals surface area contributed by atoms with Crippen LogP contribution in [0.4, 0.5) is 0 Å². The van der Waals surface area contributed by atoms with Crippen molar-refractivity contribution in [2.45, 2.75) is 155 Å². The third kappa shape index (κ3) is 27.5. The van der Waals surface area contributed by atoms with Crippen LogP contribution in [0.25, 0.3) is 0 Å². The fourth-order valence-corrected chi connectivity index (χ4v) is 4.55. The second-order valence-corrected chi connectivity index (χ2v) is 10.9. The Hall–Kier alpha value is -1.10. The summed E-state index contributed by atoms with van der Waals surface area (Å²) in [6, 6.07) is 0. The van der Waals surface area contributed by atoms with Crippen molar-refractivity contribution in [3.63, 3.8) is 0 Å². The van der Waals surface area contributed by atoms with Gasteiger partial charge in [-0.25, -0.2) is 0 Å². The molecule has 0 atom stereocenters. The summed E-state index contributed by atoms with van der Waals surface area (Å²) < 4.78 is 0. The minimum absolute atomic E-state index is 0.128. The van der Waals surface area contributed by atoms with E-state index in [1.165, 1.54) is 116 Å². The fourth-order valence-electron chi connectivity index (χ4n) is 4.55. The highest BCUT2D eigenvalue weighted by Crippen LogP contribution is 2.11. The van der Waals surface area contributed by atoms with E-state index in [0.717, 1.165) is 25.9 Å². The molecule has 0 radical (unpaired) electrons. The Morgan fingerprint density at radius 2 is 0.750 bits per heavy atom. The molecule has 2 N–H and O–H groups in total. The Balaban J connectivity index is 3.42. The molecule has 0 unspecified atom stereocenters. The average molecular weight is 510 g/mol. The highest BCUT2D eigenvalue weighted by atomic mass is 16.2. The van der Waals surface area contributed by atoms with E-state index in [9.17, 15) is 9.59 Å². The number of hydrogen-bond donors (Lipinski definition) is 2. The lowest BCUT2D eigenvalue weighted by molar-refractivity contribution is -0.121. The van der Waals surface area contributed by atoms with E-state index < -0.39 is 0 Å². The van der Waals surface area contributed by atoms with Crippen LogP contribution in [-0.2, 0) is 9.59 Å². The van der Waals surface area contributed by atoms with E-state index >= 15 is 0 Å². The van der Waals surface area contributed by atoms with Gasteiger partial charge in [0.25, 0.3) is 0 Å². The third-order valence-electron chi connectivity index (χ3n) is 7.15. The second-order valence-electron chi connectivity index (χ2n) is 10.9. The molecule has 0 aliphatic rings. The average Bonchev–Trinajstić information content (AvgIpc) is 2.88. The van der Waals surface area contributed by atoms with Crippen molar-refractivity contribution in [3.05, 3.63) is 0 Å². The molecule has 0 saturated carbocycles. The minimum Gasteiger partial charge on any atom is -0.356 e. The minimum atomic E-state index is 0.128. The largest absolute Gasteiger partial charge is 0.356 e. The Morgan fingerprint density at radius 3 is 1.06 bits per heavy atom. The van der Waals surface area contributed by atoms with Crippen LogP contribution in [0, 0.1) is 0 Å². The molecular formula is C31H63N3O2. The van der Waals surface area contributed by atoms with Gasteiger partial charge in [0.2, 0.25) is 11.8 Å². The van der Waals surface area contributed by atoms with Crippen LogP contribution >= 0.6 is 0 Å². The summed E-state index contributed by atoms with van der Waals surface area (Å²) in [6.45, 7) is 7.52. The zero-order valence-corrected chi connectivity index (χ0v) is 24.6. The van der Waals surface area contributed by atoms with Gasteiger partial charge in [0.05, 0.1) is 0 Å². The van der Waals surface area contributed by atoms with Crippen molar-refractivity contribution in [1.82, 2.24) is 15.5 Å². The molecule has 0 saturated heterocycles. The van der Waals surface area contributed by atoms with Gasteiger partial charge in [0.15, 0.2) is 0 Å². The van der Waals surface area contributed by atoms with Crippen LogP contribution in [0.5, 0.6) is 0 Å². The summed E-state index contributed by atoms with van der Waals surface area (Å²) in [4.78, 5) is 26.2. The summed E-state index contributed by atoms with van der Waals surface area (Å²) >= 11 is 0. The first-order valence-electron chi connectivity index (χ1n) is 15.8. The van der Waals surface area contributed by atoms with Crippen molar-refractivity contribution >= 4 is 11.8 Å². The zero-order valence-electron chi connectivity index (χ0n) is 24.6. The maximum atomic E-state index is 12.1. The first-order chi connectivity index (χ1) is 17.6. The zero-order chi connectivity index (χ0) is 26.5. The van der Waals surface area contributed by atoms with Gasteiger partial charge in [-0.3, -0.25) is 9.59 Å². The molecule has 0 bridgehead atoms. The number of amides is 2. The third-order valence-corrected chi connectivity index (χ3v) is 7.15. The molecule has 214 valence electrons. The lowest BCUT2D eigenvalue weighted by Gasteiger charge is -2.16. The van der Waals surface area contributed by atoms with Crippen molar-refractivity contribution in [3.8, 4) is 0 Å². The van der Waals surface area contributed by atoms with Crippen molar-refractivity contribution in [1.29, 1.82) is 0 Å². The molecule has 0 aliphatic carbocycles. The van der Waals surface area contributed by atoms with Gasteiger partial charge in [0.1, 0.15) is 0 Å². The molecule has 5 nitrogen and oxygen atoms in total. The van der Waals surface area contributed by atoms with E-state index in [4.69, 9.17) is 0 Å². The summed E-state index contributed by atoms with van der Waals surface area (Å²) in [5, 5.41) is 6.09. The second kappa shape index (κ2) is 28.5. The molecule has 2 amide bonds. The number of nitrogens with one attached hydrogen (secondary N) is 2. The Labute approximate surface area is 225 Å². The number of carbonyl (C=O) groups is 2. The fraction of sp³-hybridized carbons (Fsp3) is 0.935. The quantitative estimate of drug-likeness (QED) is 0.106. The molecule has 0 aliphatic heterocycles. The monoisotopic (exact) mass is 509 g/mol. The summed E-state index contributed by atoms with van der Waals surface area (Å²) in [5.74, 6) is 0.256. The molecule has 0 aromatic rings. The molecule has 0 aromatic carbocycles. The van der Waals surface area contributed by atoms with E-state index in [1.807, 2.05) is 7.05 Å². The predicted octanol–water partition coefficient (Wildman–Crippen LogP) is 7.77. The maximum Gasteiger partial charge on any atom is 0.221 e. The first kappa shape index (κ1) is 34.9. The van der Waals surface area contributed by atoms with Crippen molar-refractivity contribution in [2.24, 2.45) is 0 Å². The molecule has 0 aromatic heterocycles. The maximum absolute atomic E-state index is 12.1. The number of carbonyl (C=O) groups excluding carboxylic acids is 2. The highest BCUT2D eigenvalue weighted by molar-refractivity contribution is 5.76. The van der Waals surface area contributed by atoms with Crippen LogP contribution in [0.1, 0.15) is 155 Å². The number of rotatable bonds is 28. The van der Waals surface area contributed by atoms with E-state index in [-0.39, 0.29) is 11.8 Å². The van der Waals surface area contributed by atoms with Gasteiger partial charge in [0, 0.05) is 39.0 Å². The standard InChI is InChI=1S/C31H63N3O2/c1-4-6-8-10-12-14-16-18-20-22-26-32-30(35)24-28-34(3)29-25-31(36)33-27-23-21-19-17-15-13-11-9-7-5-2/h4-29H2,1-3H3,(H,32,35)(H,33,36). The van der Waals surface area contributed by atoms with Gasteiger partial charge in [-0.1, -0.05) is 129 Å². The van der Waals surface area contributed by atoms with Crippen molar-refractivity contribution in [2.75, 3.05) is 33.2 Å². The van der Waals surface area contributed by atoms with Gasteiger partial charge >= 0.3 is 0 Å². The van der Waals surface area contributed by atoms with E-state index in [2.05, 4.69) is 29.4 Å².